The first kappa shape index (κ1) is 16.7. The summed E-state index contributed by atoms with van der Waals surface area (Å²) in [5, 5.41) is 11.8. The largest absolute Gasteiger partial charge is 0.478 e. The van der Waals surface area contributed by atoms with E-state index in [2.05, 4.69) is 24.4 Å². The van der Waals surface area contributed by atoms with Gasteiger partial charge in [-0.3, -0.25) is 4.79 Å². The van der Waals surface area contributed by atoms with Crippen LogP contribution in [0.25, 0.3) is 0 Å². The summed E-state index contributed by atoms with van der Waals surface area (Å²) in [6, 6.07) is 14.8. The van der Waals surface area contributed by atoms with Gasteiger partial charge < -0.3 is 10.4 Å². The molecule has 0 spiro atoms. The Kier molecular flexibility index (Phi) is 5.92. The Morgan fingerprint density at radius 1 is 1.00 bits per heavy atom. The van der Waals surface area contributed by atoms with Gasteiger partial charge in [0.05, 0.1) is 5.56 Å². The van der Waals surface area contributed by atoms with Gasteiger partial charge in [-0.2, -0.15) is 0 Å². The number of nitrogens with one attached hydrogen (secondary N) is 1. The van der Waals surface area contributed by atoms with Crippen molar-refractivity contribution in [2.75, 3.05) is 6.54 Å². The lowest BCUT2D eigenvalue weighted by atomic mass is 10.1. The fraction of sp³-hybridized carbons (Fsp3) is 0.263. The first-order chi connectivity index (χ1) is 11.1. The molecule has 2 N–H and O–H groups in total. The molecule has 0 saturated heterocycles. The summed E-state index contributed by atoms with van der Waals surface area (Å²) in [6.07, 6.45) is 1.84. The number of carboxylic acids is 1. The Hall–Kier alpha value is -2.62. The predicted molar refractivity (Wildman–Crippen MR) is 89.6 cm³/mol. The molecule has 0 aliphatic rings. The summed E-state index contributed by atoms with van der Waals surface area (Å²) >= 11 is 0. The Morgan fingerprint density at radius 3 is 2.35 bits per heavy atom. The number of carboxylic acid groups (broad SMARTS) is 1. The molecule has 2 rings (SSSR count). The molecule has 2 aromatic rings. The van der Waals surface area contributed by atoms with E-state index in [1.54, 1.807) is 24.3 Å². The number of aromatic carboxylic acids is 1. The lowest BCUT2D eigenvalue weighted by molar-refractivity contribution is -0.121. The molecule has 120 valence electrons. The van der Waals surface area contributed by atoms with Crippen molar-refractivity contribution >= 4 is 11.9 Å². The van der Waals surface area contributed by atoms with Crippen molar-refractivity contribution in [3.05, 3.63) is 70.8 Å². The standard InChI is InChI=1S/C19H21NO3/c1-14-4-2-3-5-16(14)12-13-20-18(21)11-8-15-6-9-17(10-7-15)19(22)23/h2-7,9-10H,8,11-13H2,1H3,(H,20,21)(H,22,23). The van der Waals surface area contributed by atoms with Gasteiger partial charge in [0.15, 0.2) is 0 Å². The second-order valence-electron chi connectivity index (χ2n) is 5.53. The van der Waals surface area contributed by atoms with Gasteiger partial charge >= 0.3 is 5.97 Å². The van der Waals surface area contributed by atoms with Crippen molar-refractivity contribution in [2.24, 2.45) is 0 Å². The first-order valence-corrected chi connectivity index (χ1v) is 7.69. The minimum absolute atomic E-state index is 0.0147. The van der Waals surface area contributed by atoms with Crippen LogP contribution in [0.1, 0.15) is 33.5 Å². The smallest absolute Gasteiger partial charge is 0.335 e. The lowest BCUT2D eigenvalue weighted by Gasteiger charge is -2.07. The van der Waals surface area contributed by atoms with Gasteiger partial charge in [0.1, 0.15) is 0 Å². The monoisotopic (exact) mass is 311 g/mol. The number of benzene rings is 2. The molecule has 0 saturated carbocycles. The van der Waals surface area contributed by atoms with Crippen LogP contribution in [-0.2, 0) is 17.6 Å². The number of rotatable bonds is 7. The van der Waals surface area contributed by atoms with Crippen LogP contribution in [0.5, 0.6) is 0 Å². The third kappa shape index (κ3) is 5.25. The van der Waals surface area contributed by atoms with E-state index in [0.717, 1.165) is 12.0 Å². The number of hydrogen-bond donors (Lipinski definition) is 2. The van der Waals surface area contributed by atoms with Gasteiger partial charge in [-0.05, 0) is 48.6 Å². The molecular formula is C19H21NO3. The molecule has 0 atom stereocenters. The van der Waals surface area contributed by atoms with Crippen LogP contribution < -0.4 is 5.32 Å². The fourth-order valence-electron chi connectivity index (χ4n) is 2.39. The molecule has 0 unspecified atom stereocenters. The molecule has 1 amide bonds. The van der Waals surface area contributed by atoms with Gasteiger partial charge in [0.25, 0.3) is 0 Å². The maximum Gasteiger partial charge on any atom is 0.335 e. The van der Waals surface area contributed by atoms with E-state index in [4.69, 9.17) is 5.11 Å². The lowest BCUT2D eigenvalue weighted by Crippen LogP contribution is -2.26. The Bertz CT molecular complexity index is 677. The van der Waals surface area contributed by atoms with Gasteiger partial charge in [-0.25, -0.2) is 4.79 Å². The van der Waals surface area contributed by atoms with E-state index in [-0.39, 0.29) is 11.5 Å². The number of amides is 1. The van der Waals surface area contributed by atoms with Crippen LogP contribution in [0.4, 0.5) is 0 Å². The quantitative estimate of drug-likeness (QED) is 0.826. The Balaban J connectivity index is 1.73. The maximum absolute atomic E-state index is 11.9. The van der Waals surface area contributed by atoms with E-state index in [1.165, 1.54) is 11.1 Å². The molecule has 0 radical (unpaired) electrons. The van der Waals surface area contributed by atoms with E-state index in [0.29, 0.717) is 19.4 Å². The molecular weight excluding hydrogens is 290 g/mol. The number of carbonyl (C=O) groups is 2. The second kappa shape index (κ2) is 8.13. The third-order valence-corrected chi connectivity index (χ3v) is 3.82. The highest BCUT2D eigenvalue weighted by Gasteiger charge is 2.05. The van der Waals surface area contributed by atoms with Crippen molar-refractivity contribution in [1.82, 2.24) is 5.32 Å². The molecule has 4 nitrogen and oxygen atoms in total. The highest BCUT2D eigenvalue weighted by atomic mass is 16.4. The van der Waals surface area contributed by atoms with Crippen molar-refractivity contribution in [3.8, 4) is 0 Å². The summed E-state index contributed by atoms with van der Waals surface area (Å²) in [5.74, 6) is -0.925. The van der Waals surface area contributed by atoms with E-state index in [1.807, 2.05) is 12.1 Å². The zero-order valence-electron chi connectivity index (χ0n) is 13.2. The molecule has 0 aromatic heterocycles. The van der Waals surface area contributed by atoms with Crippen molar-refractivity contribution in [3.63, 3.8) is 0 Å². The maximum atomic E-state index is 11.9. The summed E-state index contributed by atoms with van der Waals surface area (Å²) in [5.41, 5.74) is 3.71. The third-order valence-electron chi connectivity index (χ3n) is 3.82. The highest BCUT2D eigenvalue weighted by Crippen LogP contribution is 2.08. The molecule has 0 aliphatic heterocycles. The summed E-state index contributed by atoms with van der Waals surface area (Å²) in [7, 11) is 0. The van der Waals surface area contributed by atoms with Crippen molar-refractivity contribution in [1.29, 1.82) is 0 Å². The molecule has 0 aliphatic carbocycles. The highest BCUT2D eigenvalue weighted by molar-refractivity contribution is 5.87. The van der Waals surface area contributed by atoms with Crippen molar-refractivity contribution < 1.29 is 14.7 Å². The Morgan fingerprint density at radius 2 is 1.70 bits per heavy atom. The molecule has 0 fully saturated rings. The van der Waals surface area contributed by atoms with Gasteiger partial charge in [0, 0.05) is 13.0 Å². The SMILES string of the molecule is Cc1ccccc1CCNC(=O)CCc1ccc(C(=O)O)cc1. The minimum atomic E-state index is -0.939. The van der Waals surface area contributed by atoms with Crippen LogP contribution >= 0.6 is 0 Å². The zero-order chi connectivity index (χ0) is 16.7. The fourth-order valence-corrected chi connectivity index (χ4v) is 2.39. The molecule has 0 bridgehead atoms. The molecule has 4 heteroatoms. The topological polar surface area (TPSA) is 66.4 Å². The number of hydrogen-bond acceptors (Lipinski definition) is 2. The minimum Gasteiger partial charge on any atom is -0.478 e. The Labute approximate surface area is 136 Å². The van der Waals surface area contributed by atoms with Crippen LogP contribution in [0, 0.1) is 6.92 Å². The predicted octanol–water partition coefficient (Wildman–Crippen LogP) is 2.98. The summed E-state index contributed by atoms with van der Waals surface area (Å²) in [6.45, 7) is 2.69. The van der Waals surface area contributed by atoms with Crippen LogP contribution in [0.3, 0.4) is 0 Å². The van der Waals surface area contributed by atoms with E-state index >= 15 is 0 Å². The van der Waals surface area contributed by atoms with Crippen LogP contribution in [-0.4, -0.2) is 23.5 Å². The van der Waals surface area contributed by atoms with E-state index < -0.39 is 5.97 Å². The summed E-state index contributed by atoms with van der Waals surface area (Å²) in [4.78, 5) is 22.6. The van der Waals surface area contributed by atoms with Gasteiger partial charge in [-0.15, -0.1) is 0 Å². The van der Waals surface area contributed by atoms with Crippen molar-refractivity contribution in [2.45, 2.75) is 26.2 Å². The van der Waals surface area contributed by atoms with Crippen LogP contribution in [0.15, 0.2) is 48.5 Å². The molecule has 0 heterocycles. The zero-order valence-corrected chi connectivity index (χ0v) is 13.2. The molecule has 2 aromatic carbocycles. The summed E-state index contributed by atoms with van der Waals surface area (Å²) < 4.78 is 0. The second-order valence-corrected chi connectivity index (χ2v) is 5.53. The number of aryl methyl sites for hydroxylation is 2. The molecule has 23 heavy (non-hydrogen) atoms. The number of carbonyl (C=O) groups excluding carboxylic acids is 1. The van der Waals surface area contributed by atoms with Gasteiger partial charge in [0.2, 0.25) is 5.91 Å². The average molecular weight is 311 g/mol. The van der Waals surface area contributed by atoms with Crippen LogP contribution in [0.2, 0.25) is 0 Å². The average Bonchev–Trinajstić information content (AvgIpc) is 2.55. The van der Waals surface area contributed by atoms with E-state index in [9.17, 15) is 9.59 Å². The normalized spacial score (nSPS) is 10.3. The first-order valence-electron chi connectivity index (χ1n) is 7.69. The van der Waals surface area contributed by atoms with Gasteiger partial charge in [-0.1, -0.05) is 36.4 Å².